The SMILES string of the molecule is NC(=O)c1cccc(NC(=O)c2ccc(I)c(O)c2)c1. The maximum atomic E-state index is 12.0. The molecule has 2 aromatic rings. The van der Waals surface area contributed by atoms with Crippen molar-refractivity contribution in [3.63, 3.8) is 0 Å². The van der Waals surface area contributed by atoms with E-state index in [0.29, 0.717) is 20.4 Å². The van der Waals surface area contributed by atoms with Gasteiger partial charge in [-0.05, 0) is 59.0 Å². The molecule has 6 heteroatoms. The molecule has 0 aliphatic rings. The number of benzene rings is 2. The summed E-state index contributed by atoms with van der Waals surface area (Å²) in [5.41, 5.74) is 6.28. The lowest BCUT2D eigenvalue weighted by Crippen LogP contribution is -2.14. The van der Waals surface area contributed by atoms with E-state index in [1.54, 1.807) is 30.3 Å². The smallest absolute Gasteiger partial charge is 0.255 e. The molecule has 0 aromatic heterocycles. The van der Waals surface area contributed by atoms with E-state index in [0.717, 1.165) is 0 Å². The van der Waals surface area contributed by atoms with E-state index in [9.17, 15) is 14.7 Å². The highest BCUT2D eigenvalue weighted by atomic mass is 127. The van der Waals surface area contributed by atoms with Crippen LogP contribution in [0.5, 0.6) is 5.75 Å². The van der Waals surface area contributed by atoms with Crippen molar-refractivity contribution < 1.29 is 14.7 Å². The molecule has 4 N–H and O–H groups in total. The van der Waals surface area contributed by atoms with Gasteiger partial charge in [0, 0.05) is 16.8 Å². The zero-order valence-electron chi connectivity index (χ0n) is 10.3. The highest BCUT2D eigenvalue weighted by Gasteiger charge is 2.09. The highest BCUT2D eigenvalue weighted by molar-refractivity contribution is 14.1. The molecular weight excluding hydrogens is 371 g/mol. The van der Waals surface area contributed by atoms with E-state index in [1.807, 2.05) is 22.6 Å². The molecule has 2 amide bonds. The first-order valence-electron chi connectivity index (χ1n) is 5.67. The molecule has 0 aliphatic heterocycles. The summed E-state index contributed by atoms with van der Waals surface area (Å²) in [4.78, 5) is 23.1. The summed E-state index contributed by atoms with van der Waals surface area (Å²) in [7, 11) is 0. The summed E-state index contributed by atoms with van der Waals surface area (Å²) in [5.74, 6) is -0.893. The van der Waals surface area contributed by atoms with Crippen molar-refractivity contribution in [2.24, 2.45) is 5.73 Å². The molecule has 0 saturated heterocycles. The maximum absolute atomic E-state index is 12.0. The van der Waals surface area contributed by atoms with Crippen LogP contribution in [-0.2, 0) is 0 Å². The molecule has 0 unspecified atom stereocenters. The van der Waals surface area contributed by atoms with Crippen molar-refractivity contribution in [2.45, 2.75) is 0 Å². The third kappa shape index (κ3) is 3.27. The zero-order valence-corrected chi connectivity index (χ0v) is 12.4. The normalized spacial score (nSPS) is 10.1. The second kappa shape index (κ2) is 5.91. The Morgan fingerprint density at radius 2 is 1.85 bits per heavy atom. The van der Waals surface area contributed by atoms with Gasteiger partial charge in [0.05, 0.1) is 3.57 Å². The van der Waals surface area contributed by atoms with Crippen LogP contribution in [-0.4, -0.2) is 16.9 Å². The number of amides is 2. The zero-order chi connectivity index (χ0) is 14.7. The number of carbonyl (C=O) groups is 2. The number of nitrogens with two attached hydrogens (primary N) is 1. The summed E-state index contributed by atoms with van der Waals surface area (Å²) in [6, 6.07) is 11.0. The van der Waals surface area contributed by atoms with Gasteiger partial charge in [-0.1, -0.05) is 6.07 Å². The number of aromatic hydroxyl groups is 1. The Morgan fingerprint density at radius 3 is 2.50 bits per heavy atom. The minimum atomic E-state index is -0.562. The lowest BCUT2D eigenvalue weighted by atomic mass is 10.1. The van der Waals surface area contributed by atoms with E-state index < -0.39 is 5.91 Å². The van der Waals surface area contributed by atoms with Gasteiger partial charge in [-0.15, -0.1) is 0 Å². The van der Waals surface area contributed by atoms with Gasteiger partial charge in [0.2, 0.25) is 5.91 Å². The van der Waals surface area contributed by atoms with Crippen LogP contribution in [0.15, 0.2) is 42.5 Å². The van der Waals surface area contributed by atoms with E-state index in [4.69, 9.17) is 5.73 Å². The monoisotopic (exact) mass is 382 g/mol. The van der Waals surface area contributed by atoms with Gasteiger partial charge in [0.15, 0.2) is 0 Å². The van der Waals surface area contributed by atoms with Crippen LogP contribution in [0.2, 0.25) is 0 Å². The van der Waals surface area contributed by atoms with E-state index in [2.05, 4.69) is 5.32 Å². The minimum Gasteiger partial charge on any atom is -0.507 e. The van der Waals surface area contributed by atoms with E-state index in [-0.39, 0.29) is 11.7 Å². The molecule has 0 bridgehead atoms. The number of phenolic OH excluding ortho intramolecular Hbond substituents is 1. The first kappa shape index (κ1) is 14.3. The quantitative estimate of drug-likeness (QED) is 0.712. The Hall–Kier alpha value is -2.09. The van der Waals surface area contributed by atoms with Crippen molar-refractivity contribution in [1.29, 1.82) is 0 Å². The van der Waals surface area contributed by atoms with Crippen LogP contribution >= 0.6 is 22.6 Å². The molecule has 0 saturated carbocycles. The van der Waals surface area contributed by atoms with Crippen LogP contribution in [0.25, 0.3) is 0 Å². The van der Waals surface area contributed by atoms with Gasteiger partial charge in [-0.25, -0.2) is 0 Å². The Kier molecular flexibility index (Phi) is 4.23. The molecule has 0 atom stereocenters. The van der Waals surface area contributed by atoms with Crippen LogP contribution in [0, 0.1) is 3.57 Å². The van der Waals surface area contributed by atoms with Crippen LogP contribution in [0.1, 0.15) is 20.7 Å². The Balaban J connectivity index is 2.21. The predicted octanol–water partition coefficient (Wildman–Crippen LogP) is 2.35. The average molecular weight is 382 g/mol. The van der Waals surface area contributed by atoms with E-state index in [1.165, 1.54) is 12.1 Å². The van der Waals surface area contributed by atoms with Crippen LogP contribution in [0.3, 0.4) is 0 Å². The van der Waals surface area contributed by atoms with Gasteiger partial charge >= 0.3 is 0 Å². The first-order chi connectivity index (χ1) is 9.47. The van der Waals surface area contributed by atoms with Gasteiger partial charge < -0.3 is 16.2 Å². The molecule has 5 nitrogen and oxygen atoms in total. The van der Waals surface area contributed by atoms with Crippen molar-refractivity contribution in [3.05, 3.63) is 57.2 Å². The fourth-order valence-corrected chi connectivity index (χ4v) is 1.94. The third-order valence-electron chi connectivity index (χ3n) is 2.61. The minimum absolute atomic E-state index is 0.0455. The van der Waals surface area contributed by atoms with Crippen molar-refractivity contribution >= 4 is 40.1 Å². The fourth-order valence-electron chi connectivity index (χ4n) is 1.61. The summed E-state index contributed by atoms with van der Waals surface area (Å²) in [6.07, 6.45) is 0. The standard InChI is InChI=1S/C14H11IN2O3/c15-11-5-4-9(7-12(11)18)14(20)17-10-3-1-2-8(6-10)13(16)19/h1-7,18H,(H2,16,19)(H,17,20). The molecule has 0 fully saturated rings. The summed E-state index contributed by atoms with van der Waals surface area (Å²) in [6.45, 7) is 0. The number of rotatable bonds is 3. The second-order valence-electron chi connectivity index (χ2n) is 4.07. The predicted molar refractivity (Wildman–Crippen MR) is 83.7 cm³/mol. The number of phenols is 1. The largest absolute Gasteiger partial charge is 0.507 e. The third-order valence-corrected chi connectivity index (χ3v) is 3.53. The number of carbonyl (C=O) groups excluding carboxylic acids is 2. The number of nitrogens with one attached hydrogen (secondary N) is 1. The van der Waals surface area contributed by atoms with E-state index >= 15 is 0 Å². The lowest BCUT2D eigenvalue weighted by Gasteiger charge is -2.07. The number of anilines is 1. The molecule has 0 spiro atoms. The Morgan fingerprint density at radius 1 is 1.10 bits per heavy atom. The van der Waals surface area contributed by atoms with Crippen molar-refractivity contribution in [3.8, 4) is 5.75 Å². The van der Waals surface area contributed by atoms with Gasteiger partial charge in [-0.2, -0.15) is 0 Å². The topological polar surface area (TPSA) is 92.4 Å². The molecule has 0 heterocycles. The Bertz CT molecular complexity index is 686. The first-order valence-corrected chi connectivity index (χ1v) is 6.75. The lowest BCUT2D eigenvalue weighted by molar-refractivity contribution is 0.0996. The molecular formula is C14H11IN2O3. The van der Waals surface area contributed by atoms with Crippen LogP contribution in [0.4, 0.5) is 5.69 Å². The second-order valence-corrected chi connectivity index (χ2v) is 5.23. The summed E-state index contributed by atoms with van der Waals surface area (Å²) >= 11 is 1.97. The highest BCUT2D eigenvalue weighted by Crippen LogP contribution is 2.21. The van der Waals surface area contributed by atoms with Crippen molar-refractivity contribution in [2.75, 3.05) is 5.32 Å². The Labute approximate surface area is 128 Å². The average Bonchev–Trinajstić information content (AvgIpc) is 2.42. The molecule has 2 rings (SSSR count). The molecule has 20 heavy (non-hydrogen) atoms. The van der Waals surface area contributed by atoms with Gasteiger partial charge in [0.1, 0.15) is 5.75 Å². The molecule has 2 aromatic carbocycles. The fraction of sp³-hybridized carbons (Fsp3) is 0. The van der Waals surface area contributed by atoms with Gasteiger partial charge in [0.25, 0.3) is 5.91 Å². The summed E-state index contributed by atoms with van der Waals surface area (Å²) < 4.78 is 0.662. The van der Waals surface area contributed by atoms with Gasteiger partial charge in [-0.3, -0.25) is 9.59 Å². The number of primary amides is 1. The summed E-state index contributed by atoms with van der Waals surface area (Å²) in [5, 5.41) is 12.2. The molecule has 0 aliphatic carbocycles. The maximum Gasteiger partial charge on any atom is 0.255 e. The molecule has 0 radical (unpaired) electrons. The van der Waals surface area contributed by atoms with Crippen molar-refractivity contribution in [1.82, 2.24) is 0 Å². The number of hydrogen-bond donors (Lipinski definition) is 3. The molecule has 102 valence electrons. The number of halogens is 1. The number of hydrogen-bond acceptors (Lipinski definition) is 3. The van der Waals surface area contributed by atoms with Crippen LogP contribution < -0.4 is 11.1 Å².